The van der Waals surface area contributed by atoms with Crippen LogP contribution in [0.4, 0.5) is 0 Å². The molecule has 4 nitrogen and oxygen atoms in total. The van der Waals surface area contributed by atoms with Gasteiger partial charge in [-0.2, -0.15) is 0 Å². The highest BCUT2D eigenvalue weighted by molar-refractivity contribution is 6.32. The van der Waals surface area contributed by atoms with E-state index in [0.717, 1.165) is 0 Å². The first-order chi connectivity index (χ1) is 6.09. The van der Waals surface area contributed by atoms with E-state index < -0.39 is 0 Å². The first kappa shape index (κ1) is 10.2. The molecular weight excluding hydrogens is 213 g/mol. The fraction of sp³-hybridized carbons (Fsp3) is 0.286. The van der Waals surface area contributed by atoms with Gasteiger partial charge in [0.2, 0.25) is 5.91 Å². The summed E-state index contributed by atoms with van der Waals surface area (Å²) in [5.41, 5.74) is 0.501. The van der Waals surface area contributed by atoms with Crippen LogP contribution in [0.1, 0.15) is 12.6 Å². The van der Waals surface area contributed by atoms with Crippen LogP contribution in [0.5, 0.6) is 0 Å². The Hall–Kier alpha value is -0.870. The molecule has 0 atom stereocenters. The van der Waals surface area contributed by atoms with Crippen LogP contribution in [-0.4, -0.2) is 15.9 Å². The highest BCUT2D eigenvalue weighted by atomic mass is 35.5. The molecule has 1 heterocycles. The lowest BCUT2D eigenvalue weighted by Gasteiger charge is -2.02. The molecule has 0 aliphatic carbocycles. The normalized spacial score (nSPS) is 9.77. The molecule has 1 N–H and O–H groups in total. The van der Waals surface area contributed by atoms with Gasteiger partial charge in [0.05, 0.1) is 18.4 Å². The Morgan fingerprint density at radius 3 is 2.85 bits per heavy atom. The molecule has 0 fully saturated rings. The number of amides is 1. The number of carbonyl (C=O) groups is 1. The van der Waals surface area contributed by atoms with E-state index in [9.17, 15) is 4.79 Å². The molecule has 70 valence electrons. The summed E-state index contributed by atoms with van der Waals surface area (Å²) >= 11 is 11.2. The highest BCUT2D eigenvalue weighted by Crippen LogP contribution is 2.12. The van der Waals surface area contributed by atoms with Crippen molar-refractivity contribution in [2.75, 3.05) is 0 Å². The van der Waals surface area contributed by atoms with Crippen molar-refractivity contribution in [3.05, 3.63) is 22.2 Å². The van der Waals surface area contributed by atoms with Gasteiger partial charge in [-0.25, -0.2) is 4.98 Å². The van der Waals surface area contributed by atoms with Gasteiger partial charge in [0.25, 0.3) is 0 Å². The lowest BCUT2D eigenvalue weighted by Crippen LogP contribution is -2.20. The average Bonchev–Trinajstić information content (AvgIpc) is 2.02. The van der Waals surface area contributed by atoms with Crippen LogP contribution < -0.4 is 5.32 Å². The topological polar surface area (TPSA) is 54.9 Å². The van der Waals surface area contributed by atoms with Crippen molar-refractivity contribution in [1.29, 1.82) is 0 Å². The van der Waals surface area contributed by atoms with Crippen LogP contribution >= 0.6 is 23.2 Å². The van der Waals surface area contributed by atoms with Crippen molar-refractivity contribution >= 4 is 29.1 Å². The third-order valence-electron chi connectivity index (χ3n) is 1.27. The van der Waals surface area contributed by atoms with Gasteiger partial charge in [0.1, 0.15) is 5.15 Å². The molecule has 0 aliphatic heterocycles. The zero-order chi connectivity index (χ0) is 9.84. The molecule has 1 aromatic rings. The summed E-state index contributed by atoms with van der Waals surface area (Å²) in [7, 11) is 0. The minimum Gasteiger partial charge on any atom is -0.351 e. The molecule has 6 heteroatoms. The molecule has 0 radical (unpaired) electrons. The summed E-state index contributed by atoms with van der Waals surface area (Å²) in [5, 5.41) is 3.00. The molecule has 0 saturated heterocycles. The smallest absolute Gasteiger partial charge is 0.217 e. The maximum absolute atomic E-state index is 10.6. The van der Waals surface area contributed by atoms with Crippen molar-refractivity contribution in [1.82, 2.24) is 15.3 Å². The Balaban J connectivity index is 2.72. The number of hydrogen-bond donors (Lipinski definition) is 1. The lowest BCUT2D eigenvalue weighted by atomic mass is 10.4. The molecule has 13 heavy (non-hydrogen) atoms. The monoisotopic (exact) mass is 219 g/mol. The van der Waals surface area contributed by atoms with E-state index in [1.807, 2.05) is 0 Å². The van der Waals surface area contributed by atoms with Gasteiger partial charge >= 0.3 is 0 Å². The summed E-state index contributed by atoms with van der Waals surface area (Å²) in [6, 6.07) is 0. The van der Waals surface area contributed by atoms with Crippen molar-refractivity contribution < 1.29 is 4.79 Å². The van der Waals surface area contributed by atoms with E-state index in [0.29, 0.717) is 5.69 Å². The Labute approximate surface area is 85.3 Å². The van der Waals surface area contributed by atoms with Crippen LogP contribution in [0.2, 0.25) is 10.3 Å². The number of nitrogens with zero attached hydrogens (tertiary/aromatic N) is 2. The number of rotatable bonds is 2. The van der Waals surface area contributed by atoms with Crippen LogP contribution in [0.3, 0.4) is 0 Å². The van der Waals surface area contributed by atoms with E-state index >= 15 is 0 Å². The molecule has 0 bridgehead atoms. The standard InChI is InChI=1S/C7H7Cl2N3O/c1-4(13)10-2-5-7(9)12-6(8)3-11-5/h3H,2H2,1H3,(H,10,13). The van der Waals surface area contributed by atoms with Gasteiger partial charge in [0.15, 0.2) is 5.15 Å². The molecule has 0 saturated carbocycles. The van der Waals surface area contributed by atoms with Gasteiger partial charge in [-0.1, -0.05) is 23.2 Å². The Morgan fingerprint density at radius 2 is 2.31 bits per heavy atom. The van der Waals surface area contributed by atoms with Crippen molar-refractivity contribution in [2.45, 2.75) is 13.5 Å². The molecule has 1 aromatic heterocycles. The Bertz CT molecular complexity index is 330. The second-order valence-electron chi connectivity index (χ2n) is 2.34. The van der Waals surface area contributed by atoms with Crippen LogP contribution in [0.15, 0.2) is 6.20 Å². The second-order valence-corrected chi connectivity index (χ2v) is 3.09. The number of nitrogens with one attached hydrogen (secondary N) is 1. The summed E-state index contributed by atoms with van der Waals surface area (Å²) in [5.74, 6) is -0.146. The predicted molar refractivity (Wildman–Crippen MR) is 49.6 cm³/mol. The van der Waals surface area contributed by atoms with Crippen molar-refractivity contribution in [2.24, 2.45) is 0 Å². The number of aromatic nitrogens is 2. The van der Waals surface area contributed by atoms with E-state index in [-0.39, 0.29) is 22.8 Å². The fourth-order valence-corrected chi connectivity index (χ4v) is 1.08. The fourth-order valence-electron chi connectivity index (χ4n) is 0.698. The quantitative estimate of drug-likeness (QED) is 0.819. The summed E-state index contributed by atoms with van der Waals surface area (Å²) in [6.07, 6.45) is 1.38. The zero-order valence-electron chi connectivity index (χ0n) is 6.84. The predicted octanol–water partition coefficient (Wildman–Crippen LogP) is 1.42. The van der Waals surface area contributed by atoms with Crippen LogP contribution in [-0.2, 0) is 11.3 Å². The molecule has 0 aromatic carbocycles. The average molecular weight is 220 g/mol. The highest BCUT2D eigenvalue weighted by Gasteiger charge is 2.04. The molecule has 0 aliphatic rings. The van der Waals surface area contributed by atoms with Crippen LogP contribution in [0.25, 0.3) is 0 Å². The maximum atomic E-state index is 10.6. The van der Waals surface area contributed by atoms with Gasteiger partial charge in [-0.15, -0.1) is 0 Å². The van der Waals surface area contributed by atoms with E-state index in [1.165, 1.54) is 13.1 Å². The van der Waals surface area contributed by atoms with Gasteiger partial charge in [-0.05, 0) is 0 Å². The van der Waals surface area contributed by atoms with E-state index in [4.69, 9.17) is 23.2 Å². The number of hydrogen-bond acceptors (Lipinski definition) is 3. The zero-order valence-corrected chi connectivity index (χ0v) is 8.35. The second kappa shape index (κ2) is 4.39. The summed E-state index contributed by atoms with van der Waals surface area (Å²) in [6.45, 7) is 1.68. The third kappa shape index (κ3) is 3.16. The third-order valence-corrected chi connectivity index (χ3v) is 1.76. The minimum atomic E-state index is -0.146. The number of carbonyl (C=O) groups excluding carboxylic acids is 1. The molecule has 0 spiro atoms. The largest absolute Gasteiger partial charge is 0.351 e. The van der Waals surface area contributed by atoms with Gasteiger partial charge in [0, 0.05) is 6.92 Å². The van der Waals surface area contributed by atoms with E-state index in [2.05, 4.69) is 15.3 Å². The van der Waals surface area contributed by atoms with Gasteiger partial charge in [-0.3, -0.25) is 9.78 Å². The minimum absolute atomic E-state index is 0.146. The molecule has 1 amide bonds. The first-order valence-corrected chi connectivity index (χ1v) is 4.26. The summed E-state index contributed by atoms with van der Waals surface area (Å²) in [4.78, 5) is 18.2. The molecular formula is C7H7Cl2N3O. The Morgan fingerprint density at radius 1 is 1.62 bits per heavy atom. The van der Waals surface area contributed by atoms with Crippen molar-refractivity contribution in [3.63, 3.8) is 0 Å². The SMILES string of the molecule is CC(=O)NCc1ncc(Cl)nc1Cl. The van der Waals surface area contributed by atoms with Crippen LogP contribution in [0, 0.1) is 0 Å². The van der Waals surface area contributed by atoms with E-state index in [1.54, 1.807) is 0 Å². The maximum Gasteiger partial charge on any atom is 0.217 e. The first-order valence-electron chi connectivity index (χ1n) is 3.51. The lowest BCUT2D eigenvalue weighted by molar-refractivity contribution is -0.119. The molecule has 0 unspecified atom stereocenters. The molecule has 1 rings (SSSR count). The van der Waals surface area contributed by atoms with Gasteiger partial charge < -0.3 is 5.32 Å². The van der Waals surface area contributed by atoms with Crippen molar-refractivity contribution in [3.8, 4) is 0 Å². The number of halogens is 2. The summed E-state index contributed by atoms with van der Waals surface area (Å²) < 4.78 is 0. The Kier molecular flexibility index (Phi) is 3.45.